The van der Waals surface area contributed by atoms with Crippen molar-refractivity contribution < 1.29 is 22.7 Å². The van der Waals surface area contributed by atoms with Gasteiger partial charge in [-0.2, -0.15) is 0 Å². The summed E-state index contributed by atoms with van der Waals surface area (Å²) in [6.45, 7) is 9.97. The fourth-order valence-corrected chi connectivity index (χ4v) is 5.77. The Balaban J connectivity index is 2.03. The topological polar surface area (TPSA) is 92.8 Å². The minimum atomic E-state index is -3.18. The highest BCUT2D eigenvalue weighted by Gasteiger charge is 2.42. The number of allylic oxidation sites excluding steroid dienone is 1. The summed E-state index contributed by atoms with van der Waals surface area (Å²) in [7, 11) is -3.18. The largest absolute Gasteiger partial charge is 0.463 e. The Labute approximate surface area is 178 Å². The van der Waals surface area contributed by atoms with E-state index >= 15 is 0 Å². The third kappa shape index (κ3) is 4.38. The lowest BCUT2D eigenvalue weighted by Crippen LogP contribution is -2.52. The molecule has 2 atom stereocenters. The van der Waals surface area contributed by atoms with Gasteiger partial charge in [-0.25, -0.2) is 18.0 Å². The average Bonchev–Trinajstić information content (AvgIpc) is 3.00. The Bertz CT molecular complexity index is 974. The van der Waals surface area contributed by atoms with Crippen LogP contribution in [0.2, 0.25) is 0 Å². The molecule has 0 bridgehead atoms. The molecule has 0 spiro atoms. The summed E-state index contributed by atoms with van der Waals surface area (Å²) in [5, 5.41) is 2.90. The number of rotatable bonds is 4. The van der Waals surface area contributed by atoms with Gasteiger partial charge in [-0.3, -0.25) is 4.90 Å². The van der Waals surface area contributed by atoms with Crippen LogP contribution in [0, 0.1) is 0 Å². The van der Waals surface area contributed by atoms with E-state index in [4.69, 9.17) is 4.74 Å². The molecule has 1 N–H and O–H groups in total. The molecule has 2 amide bonds. The summed E-state index contributed by atoms with van der Waals surface area (Å²) in [4.78, 5) is 27.2. The van der Waals surface area contributed by atoms with Crippen LogP contribution in [0.1, 0.15) is 58.2 Å². The second-order valence-corrected chi connectivity index (χ2v) is 11.1. The zero-order valence-corrected chi connectivity index (χ0v) is 19.0. The Morgan fingerprint density at radius 1 is 1.23 bits per heavy atom. The molecule has 0 aromatic heterocycles. The number of carbonyl (C=O) groups is 2. The van der Waals surface area contributed by atoms with Crippen molar-refractivity contribution in [3.63, 3.8) is 0 Å². The smallest absolute Gasteiger partial charge is 0.338 e. The van der Waals surface area contributed by atoms with Gasteiger partial charge in [0, 0.05) is 5.70 Å². The second kappa shape index (κ2) is 8.06. The van der Waals surface area contributed by atoms with E-state index in [1.165, 1.54) is 4.90 Å². The minimum absolute atomic E-state index is 0.0190. The summed E-state index contributed by atoms with van der Waals surface area (Å²) < 4.78 is 29.2. The van der Waals surface area contributed by atoms with E-state index in [0.29, 0.717) is 17.7 Å². The van der Waals surface area contributed by atoms with Gasteiger partial charge in [-0.05, 0) is 36.8 Å². The molecule has 2 aliphatic rings. The number of nitrogens with zero attached hydrogens (tertiary/aromatic N) is 1. The zero-order valence-electron chi connectivity index (χ0n) is 18.2. The van der Waals surface area contributed by atoms with Crippen LogP contribution in [0.15, 0.2) is 35.5 Å². The predicted molar refractivity (Wildman–Crippen MR) is 115 cm³/mol. The van der Waals surface area contributed by atoms with Crippen LogP contribution in [-0.4, -0.2) is 49.5 Å². The molecule has 0 unspecified atom stereocenters. The Hall–Kier alpha value is -2.35. The van der Waals surface area contributed by atoms with E-state index in [1.54, 1.807) is 13.8 Å². The number of benzene rings is 1. The SMILES string of the molecule is CCOC(=O)C1=C(C)N([C@@H]2CCS(=O)(=O)C2)C(=O)N[C@@H]1c1ccc(C(C)(C)C)cc1. The lowest BCUT2D eigenvalue weighted by molar-refractivity contribution is -0.139. The number of esters is 1. The monoisotopic (exact) mass is 434 g/mol. The quantitative estimate of drug-likeness (QED) is 0.735. The highest BCUT2D eigenvalue weighted by Crippen LogP contribution is 2.35. The first kappa shape index (κ1) is 22.3. The van der Waals surface area contributed by atoms with Gasteiger partial charge < -0.3 is 10.1 Å². The van der Waals surface area contributed by atoms with Crippen molar-refractivity contribution in [3.05, 3.63) is 46.7 Å². The summed E-state index contributed by atoms with van der Waals surface area (Å²) in [6, 6.07) is 6.28. The van der Waals surface area contributed by atoms with Crippen LogP contribution in [-0.2, 0) is 24.8 Å². The van der Waals surface area contributed by atoms with E-state index in [0.717, 1.165) is 11.1 Å². The lowest BCUT2D eigenvalue weighted by atomic mass is 9.85. The number of ether oxygens (including phenoxy) is 1. The van der Waals surface area contributed by atoms with Gasteiger partial charge in [0.2, 0.25) is 0 Å². The summed E-state index contributed by atoms with van der Waals surface area (Å²) in [6.07, 6.45) is 0.355. The van der Waals surface area contributed by atoms with Gasteiger partial charge in [0.05, 0.1) is 35.8 Å². The number of urea groups is 1. The molecule has 0 saturated carbocycles. The van der Waals surface area contributed by atoms with Gasteiger partial charge in [0.15, 0.2) is 9.84 Å². The van der Waals surface area contributed by atoms with Crippen molar-refractivity contribution in [3.8, 4) is 0 Å². The predicted octanol–water partition coefficient (Wildman–Crippen LogP) is 3.07. The van der Waals surface area contributed by atoms with Crippen molar-refractivity contribution in [2.45, 2.75) is 58.5 Å². The number of amides is 2. The van der Waals surface area contributed by atoms with Crippen molar-refractivity contribution in [2.75, 3.05) is 18.1 Å². The molecule has 1 aromatic carbocycles. The number of nitrogens with one attached hydrogen (secondary N) is 1. The van der Waals surface area contributed by atoms with Crippen molar-refractivity contribution in [2.24, 2.45) is 0 Å². The highest BCUT2D eigenvalue weighted by molar-refractivity contribution is 7.91. The Morgan fingerprint density at radius 2 is 1.87 bits per heavy atom. The molecule has 7 nitrogen and oxygen atoms in total. The highest BCUT2D eigenvalue weighted by atomic mass is 32.2. The molecule has 8 heteroatoms. The van der Waals surface area contributed by atoms with Gasteiger partial charge >= 0.3 is 12.0 Å². The van der Waals surface area contributed by atoms with Crippen molar-refractivity contribution in [1.82, 2.24) is 10.2 Å². The fourth-order valence-electron chi connectivity index (χ4n) is 4.07. The summed E-state index contributed by atoms with van der Waals surface area (Å²) >= 11 is 0. The summed E-state index contributed by atoms with van der Waals surface area (Å²) in [5.41, 5.74) is 2.69. The van der Waals surface area contributed by atoms with Crippen LogP contribution >= 0.6 is 0 Å². The third-order valence-corrected chi connectivity index (χ3v) is 7.46. The first-order valence-corrected chi connectivity index (χ1v) is 12.0. The van der Waals surface area contributed by atoms with Gasteiger partial charge in [-0.15, -0.1) is 0 Å². The maximum atomic E-state index is 13.0. The van der Waals surface area contributed by atoms with Gasteiger partial charge in [0.1, 0.15) is 0 Å². The maximum absolute atomic E-state index is 13.0. The van der Waals surface area contributed by atoms with Crippen LogP contribution < -0.4 is 5.32 Å². The Morgan fingerprint density at radius 3 is 2.37 bits per heavy atom. The van der Waals surface area contributed by atoms with Gasteiger partial charge in [0.25, 0.3) is 0 Å². The number of carbonyl (C=O) groups excluding carboxylic acids is 2. The number of hydrogen-bond donors (Lipinski definition) is 1. The van der Waals surface area contributed by atoms with Crippen LogP contribution in [0.5, 0.6) is 0 Å². The zero-order chi connectivity index (χ0) is 22.3. The molecular weight excluding hydrogens is 404 g/mol. The molecule has 1 saturated heterocycles. The normalized spacial score (nSPS) is 24.0. The Kier molecular flexibility index (Phi) is 6.00. The first-order valence-electron chi connectivity index (χ1n) is 10.2. The van der Waals surface area contributed by atoms with E-state index in [2.05, 4.69) is 26.1 Å². The molecule has 2 aliphatic heterocycles. The third-order valence-electron chi connectivity index (χ3n) is 5.71. The van der Waals surface area contributed by atoms with Crippen molar-refractivity contribution >= 4 is 21.8 Å². The maximum Gasteiger partial charge on any atom is 0.338 e. The molecule has 1 fully saturated rings. The molecule has 30 heavy (non-hydrogen) atoms. The summed E-state index contributed by atoms with van der Waals surface area (Å²) in [5.74, 6) is -0.564. The minimum Gasteiger partial charge on any atom is -0.463 e. The van der Waals surface area contributed by atoms with Crippen LogP contribution in [0.3, 0.4) is 0 Å². The van der Waals surface area contributed by atoms with Crippen molar-refractivity contribution in [1.29, 1.82) is 0 Å². The van der Waals surface area contributed by atoms with E-state index < -0.39 is 33.9 Å². The van der Waals surface area contributed by atoms with Gasteiger partial charge in [-0.1, -0.05) is 45.0 Å². The molecule has 0 radical (unpaired) electrons. The molecule has 164 valence electrons. The molecule has 2 heterocycles. The molecule has 3 rings (SSSR count). The first-order chi connectivity index (χ1) is 13.9. The van der Waals surface area contributed by atoms with Crippen LogP contribution in [0.25, 0.3) is 0 Å². The molecule has 0 aliphatic carbocycles. The lowest BCUT2D eigenvalue weighted by Gasteiger charge is -2.38. The standard InChI is InChI=1S/C22H30N2O5S/c1-6-29-20(25)18-14(2)24(17-11-12-30(27,28)13-17)21(26)23-19(18)15-7-9-16(10-8-15)22(3,4)5/h7-10,17,19H,6,11-13H2,1-5H3,(H,23,26)/t17-,19-/m1/s1. The van der Waals surface area contributed by atoms with E-state index in [-0.39, 0.29) is 23.5 Å². The molecule has 1 aromatic rings. The molecular formula is C22H30N2O5S. The second-order valence-electron chi connectivity index (χ2n) is 8.90. The van der Waals surface area contributed by atoms with E-state index in [1.807, 2.05) is 24.3 Å². The number of hydrogen-bond acceptors (Lipinski definition) is 5. The average molecular weight is 435 g/mol. The van der Waals surface area contributed by atoms with Crippen LogP contribution in [0.4, 0.5) is 4.79 Å². The fraction of sp³-hybridized carbons (Fsp3) is 0.545. The number of sulfone groups is 1. The van der Waals surface area contributed by atoms with E-state index in [9.17, 15) is 18.0 Å².